The molecule has 0 N–H and O–H groups in total. The molecule has 3 rings (SSSR count). The van der Waals surface area contributed by atoms with Crippen molar-refractivity contribution in [2.75, 3.05) is 5.75 Å². The molecule has 0 amide bonds. The van der Waals surface area contributed by atoms with E-state index in [1.807, 2.05) is 19.9 Å². The average Bonchev–Trinajstić information content (AvgIpc) is 2.94. The van der Waals surface area contributed by atoms with Crippen molar-refractivity contribution in [1.29, 1.82) is 0 Å². The smallest absolute Gasteiger partial charge is 0.262 e. The maximum absolute atomic E-state index is 12.8. The van der Waals surface area contributed by atoms with Crippen molar-refractivity contribution >= 4 is 51.4 Å². The number of Topliss-reactive ketones (excluding diaryl/α,β-unsaturated/α-hetero) is 1. The summed E-state index contributed by atoms with van der Waals surface area (Å²) in [5.41, 5.74) is 1.12. The van der Waals surface area contributed by atoms with Gasteiger partial charge in [-0.3, -0.25) is 14.2 Å². The molecule has 0 aliphatic carbocycles. The minimum Gasteiger partial charge on any atom is -0.293 e. The van der Waals surface area contributed by atoms with E-state index in [0.29, 0.717) is 27.6 Å². The first-order valence-electron chi connectivity index (χ1n) is 7.94. The van der Waals surface area contributed by atoms with E-state index in [0.717, 1.165) is 15.3 Å². The summed E-state index contributed by atoms with van der Waals surface area (Å²) >= 11 is 8.88. The monoisotopic (exact) mass is 404 g/mol. The minimum atomic E-state index is -0.185. The fraction of sp³-hybridized carbons (Fsp3) is 0.211. The van der Waals surface area contributed by atoms with Gasteiger partial charge in [0.05, 0.1) is 16.7 Å². The standard InChI is InChI=1S/C19H17ClN2O2S2/c1-4-7-22-18(24)15-9-13(20)5-6-16(15)21-19(22)25-10-17(23)14-8-11(2)26-12(14)3/h4-6,8-9H,1,7,10H2,2-3H3. The van der Waals surface area contributed by atoms with Gasteiger partial charge in [-0.15, -0.1) is 17.9 Å². The number of thiophene rings is 1. The predicted molar refractivity (Wildman–Crippen MR) is 110 cm³/mol. The van der Waals surface area contributed by atoms with E-state index in [4.69, 9.17) is 11.6 Å². The molecule has 2 heterocycles. The fourth-order valence-electron chi connectivity index (χ4n) is 2.69. The number of benzene rings is 1. The number of hydrogen-bond donors (Lipinski definition) is 0. The zero-order valence-corrected chi connectivity index (χ0v) is 16.8. The van der Waals surface area contributed by atoms with Crippen molar-refractivity contribution in [2.45, 2.75) is 25.5 Å². The van der Waals surface area contributed by atoms with Gasteiger partial charge in [0.15, 0.2) is 10.9 Å². The third kappa shape index (κ3) is 3.77. The number of thioether (sulfide) groups is 1. The zero-order chi connectivity index (χ0) is 18.8. The maximum atomic E-state index is 12.8. The SMILES string of the molecule is C=CCn1c(SCC(=O)c2cc(C)sc2C)nc2ccc(Cl)cc2c1=O. The summed E-state index contributed by atoms with van der Waals surface area (Å²) in [5.74, 6) is 0.257. The van der Waals surface area contributed by atoms with E-state index >= 15 is 0 Å². The van der Waals surface area contributed by atoms with Crippen molar-refractivity contribution < 1.29 is 4.79 Å². The lowest BCUT2D eigenvalue weighted by Crippen LogP contribution is -2.23. The Bertz CT molecular complexity index is 1070. The van der Waals surface area contributed by atoms with Crippen LogP contribution in [-0.2, 0) is 6.54 Å². The third-order valence-electron chi connectivity index (χ3n) is 3.87. The molecule has 3 aromatic rings. The molecule has 0 atom stereocenters. The Morgan fingerprint density at radius 3 is 2.81 bits per heavy atom. The fourth-order valence-corrected chi connectivity index (χ4v) is 4.69. The summed E-state index contributed by atoms with van der Waals surface area (Å²) in [7, 11) is 0. The lowest BCUT2D eigenvalue weighted by molar-refractivity contribution is 0.102. The first-order valence-corrected chi connectivity index (χ1v) is 10.1. The molecule has 0 aliphatic heterocycles. The highest BCUT2D eigenvalue weighted by molar-refractivity contribution is 7.99. The lowest BCUT2D eigenvalue weighted by Gasteiger charge is -2.11. The molecule has 0 aliphatic rings. The Morgan fingerprint density at radius 1 is 1.38 bits per heavy atom. The molecular formula is C19H17ClN2O2S2. The van der Waals surface area contributed by atoms with Gasteiger partial charge in [-0.05, 0) is 38.1 Å². The van der Waals surface area contributed by atoms with Crippen molar-refractivity contribution in [2.24, 2.45) is 0 Å². The highest BCUT2D eigenvalue weighted by Gasteiger charge is 2.16. The second-order valence-electron chi connectivity index (χ2n) is 5.80. The summed E-state index contributed by atoms with van der Waals surface area (Å²) in [6, 6.07) is 6.94. The van der Waals surface area contributed by atoms with Crippen molar-refractivity contribution in [3.8, 4) is 0 Å². The van der Waals surface area contributed by atoms with E-state index in [2.05, 4.69) is 11.6 Å². The Morgan fingerprint density at radius 2 is 2.15 bits per heavy atom. The number of fused-ring (bicyclic) bond motifs is 1. The highest BCUT2D eigenvalue weighted by atomic mass is 35.5. The van der Waals surface area contributed by atoms with Crippen LogP contribution in [0.15, 0.2) is 46.9 Å². The van der Waals surface area contributed by atoms with E-state index in [1.54, 1.807) is 35.6 Å². The van der Waals surface area contributed by atoms with Gasteiger partial charge < -0.3 is 0 Å². The number of ketones is 1. The van der Waals surface area contributed by atoms with Crippen LogP contribution in [-0.4, -0.2) is 21.1 Å². The molecule has 1 aromatic carbocycles. The number of aryl methyl sites for hydroxylation is 2. The summed E-state index contributed by atoms with van der Waals surface area (Å²) in [5, 5.41) is 1.45. The van der Waals surface area contributed by atoms with E-state index in [9.17, 15) is 9.59 Å². The second-order valence-corrected chi connectivity index (χ2v) is 8.64. The Kier molecular flexibility index (Phi) is 5.65. The number of hydrogen-bond acceptors (Lipinski definition) is 5. The lowest BCUT2D eigenvalue weighted by atomic mass is 10.2. The number of carbonyl (C=O) groups excluding carboxylic acids is 1. The van der Waals surface area contributed by atoms with Crippen molar-refractivity contribution in [3.63, 3.8) is 0 Å². The number of halogens is 1. The zero-order valence-electron chi connectivity index (χ0n) is 14.4. The molecule has 7 heteroatoms. The minimum absolute atomic E-state index is 0.0347. The van der Waals surface area contributed by atoms with Crippen LogP contribution in [0.4, 0.5) is 0 Å². The molecule has 0 saturated heterocycles. The maximum Gasteiger partial charge on any atom is 0.262 e. The quantitative estimate of drug-likeness (QED) is 0.254. The van der Waals surface area contributed by atoms with Gasteiger partial charge in [-0.25, -0.2) is 4.98 Å². The normalized spacial score (nSPS) is 11.0. The van der Waals surface area contributed by atoms with Gasteiger partial charge in [-0.1, -0.05) is 29.4 Å². The number of allylic oxidation sites excluding steroid dienone is 1. The molecule has 4 nitrogen and oxygen atoms in total. The van der Waals surface area contributed by atoms with Crippen LogP contribution in [0, 0.1) is 13.8 Å². The molecule has 0 unspecified atom stereocenters. The van der Waals surface area contributed by atoms with E-state index < -0.39 is 0 Å². The molecular weight excluding hydrogens is 388 g/mol. The van der Waals surface area contributed by atoms with Crippen LogP contribution >= 0.6 is 34.7 Å². The van der Waals surface area contributed by atoms with Gasteiger partial charge in [0.1, 0.15) is 0 Å². The molecule has 0 bridgehead atoms. The van der Waals surface area contributed by atoms with Gasteiger partial charge >= 0.3 is 0 Å². The van der Waals surface area contributed by atoms with E-state index in [1.165, 1.54) is 16.3 Å². The molecule has 0 radical (unpaired) electrons. The van der Waals surface area contributed by atoms with Crippen LogP contribution in [0.25, 0.3) is 10.9 Å². The summed E-state index contributed by atoms with van der Waals surface area (Å²) in [6.45, 7) is 7.96. The van der Waals surface area contributed by atoms with Gasteiger partial charge in [0.2, 0.25) is 0 Å². The number of nitrogens with zero attached hydrogens (tertiary/aromatic N) is 2. The van der Waals surface area contributed by atoms with Gasteiger partial charge in [0, 0.05) is 26.9 Å². The highest BCUT2D eigenvalue weighted by Crippen LogP contribution is 2.25. The summed E-state index contributed by atoms with van der Waals surface area (Å²) in [6.07, 6.45) is 1.64. The Labute approximate surface area is 164 Å². The van der Waals surface area contributed by atoms with Crippen LogP contribution in [0.1, 0.15) is 20.1 Å². The third-order valence-corrected chi connectivity index (χ3v) is 6.04. The Balaban J connectivity index is 1.96. The topological polar surface area (TPSA) is 52.0 Å². The molecule has 134 valence electrons. The van der Waals surface area contributed by atoms with Gasteiger partial charge in [-0.2, -0.15) is 0 Å². The Hall–Kier alpha value is -1.89. The van der Waals surface area contributed by atoms with Crippen LogP contribution in [0.3, 0.4) is 0 Å². The molecule has 2 aromatic heterocycles. The first kappa shape index (κ1) is 18.9. The van der Waals surface area contributed by atoms with Crippen LogP contribution in [0.2, 0.25) is 5.02 Å². The number of carbonyl (C=O) groups is 1. The largest absolute Gasteiger partial charge is 0.293 e. The summed E-state index contributed by atoms with van der Waals surface area (Å²) < 4.78 is 1.52. The van der Waals surface area contributed by atoms with Gasteiger partial charge in [0.25, 0.3) is 5.56 Å². The molecule has 0 saturated carbocycles. The first-order chi connectivity index (χ1) is 12.4. The number of rotatable bonds is 6. The average molecular weight is 405 g/mol. The molecule has 26 heavy (non-hydrogen) atoms. The second kappa shape index (κ2) is 7.78. The molecule has 0 fully saturated rings. The van der Waals surface area contributed by atoms with Crippen LogP contribution in [0.5, 0.6) is 0 Å². The summed E-state index contributed by atoms with van der Waals surface area (Å²) in [4.78, 5) is 32.0. The van der Waals surface area contributed by atoms with Crippen molar-refractivity contribution in [3.05, 3.63) is 67.6 Å². The molecule has 0 spiro atoms. The number of aromatic nitrogens is 2. The van der Waals surface area contributed by atoms with E-state index in [-0.39, 0.29) is 17.1 Å². The van der Waals surface area contributed by atoms with Crippen molar-refractivity contribution in [1.82, 2.24) is 9.55 Å². The predicted octanol–water partition coefficient (Wildman–Crippen LogP) is 4.89. The van der Waals surface area contributed by atoms with Crippen LogP contribution < -0.4 is 5.56 Å².